The summed E-state index contributed by atoms with van der Waals surface area (Å²) in [4.78, 5) is 36.0. The van der Waals surface area contributed by atoms with Crippen molar-refractivity contribution >= 4 is 17.6 Å². The number of nitrogens with one attached hydrogen (secondary N) is 1. The van der Waals surface area contributed by atoms with Gasteiger partial charge in [-0.25, -0.2) is 4.98 Å². The van der Waals surface area contributed by atoms with E-state index >= 15 is 0 Å². The van der Waals surface area contributed by atoms with Crippen molar-refractivity contribution in [2.24, 2.45) is 0 Å². The number of aliphatic hydroxyl groups excluding tert-OH is 1. The van der Waals surface area contributed by atoms with E-state index in [0.717, 1.165) is 45.6 Å². The highest BCUT2D eigenvalue weighted by molar-refractivity contribution is 5.99. The Balaban J connectivity index is 1.62. The molecule has 29 heavy (non-hydrogen) atoms. The molecule has 1 atom stereocenters. The Hall–Kier alpha value is -2.19. The van der Waals surface area contributed by atoms with E-state index in [1.165, 1.54) is 0 Å². The number of carbonyl (C=O) groups excluding carboxylic acids is 2. The average molecular weight is 404 g/mol. The quantitative estimate of drug-likeness (QED) is 0.697. The summed E-state index contributed by atoms with van der Waals surface area (Å²) in [5.41, 5.74) is 0.587. The molecule has 1 aromatic heterocycles. The van der Waals surface area contributed by atoms with Gasteiger partial charge >= 0.3 is 0 Å². The molecular weight excluding hydrogens is 370 g/mol. The third-order valence-corrected chi connectivity index (χ3v) is 5.75. The summed E-state index contributed by atoms with van der Waals surface area (Å²) in [6.07, 6.45) is 4.62. The Bertz CT molecular complexity index is 691. The van der Waals surface area contributed by atoms with Crippen molar-refractivity contribution in [1.82, 2.24) is 20.1 Å². The third kappa shape index (κ3) is 5.67. The van der Waals surface area contributed by atoms with Gasteiger partial charge in [0.1, 0.15) is 5.82 Å². The molecule has 0 aliphatic carbocycles. The normalized spacial score (nSPS) is 21.2. The number of β-amino-alcohol motifs (C(OH)–C–C–N with tert-alkyl or cyclic N) is 1. The molecule has 1 aromatic rings. The fraction of sp³-hybridized carbons (Fsp3) is 0.667. The first-order valence-corrected chi connectivity index (χ1v) is 10.7. The van der Waals surface area contributed by atoms with Crippen LogP contribution >= 0.6 is 0 Å². The zero-order chi connectivity index (χ0) is 20.6. The number of carbonyl (C=O) groups is 2. The number of anilines is 1. The first-order valence-electron chi connectivity index (χ1n) is 10.7. The first-order chi connectivity index (χ1) is 14.1. The number of nitrogens with zero attached hydrogens (tertiary/aromatic N) is 4. The smallest absolute Gasteiger partial charge is 0.255 e. The second-order valence-electron chi connectivity index (χ2n) is 7.81. The minimum atomic E-state index is -0.118. The maximum Gasteiger partial charge on any atom is 0.255 e. The highest BCUT2D eigenvalue weighted by Crippen LogP contribution is 2.20. The molecule has 0 spiro atoms. The molecule has 8 heteroatoms. The van der Waals surface area contributed by atoms with Gasteiger partial charge in [0.05, 0.1) is 12.2 Å². The summed E-state index contributed by atoms with van der Waals surface area (Å²) in [7, 11) is 0. The maximum absolute atomic E-state index is 13.0. The topological polar surface area (TPSA) is 89.0 Å². The van der Waals surface area contributed by atoms with E-state index in [1.807, 2.05) is 11.0 Å². The minimum absolute atomic E-state index is 0.00256. The first kappa shape index (κ1) is 21.5. The molecule has 3 rings (SSSR count). The molecule has 2 aliphatic rings. The van der Waals surface area contributed by atoms with Crippen LogP contribution in [0.25, 0.3) is 0 Å². The van der Waals surface area contributed by atoms with Gasteiger partial charge < -0.3 is 20.2 Å². The molecule has 2 amide bonds. The Morgan fingerprint density at radius 3 is 2.72 bits per heavy atom. The van der Waals surface area contributed by atoms with Crippen LogP contribution < -0.4 is 10.2 Å². The molecule has 2 aliphatic heterocycles. The van der Waals surface area contributed by atoms with Crippen LogP contribution in [0.15, 0.2) is 18.3 Å². The van der Waals surface area contributed by atoms with Gasteiger partial charge in [-0.05, 0) is 31.4 Å². The van der Waals surface area contributed by atoms with Crippen LogP contribution in [0.1, 0.15) is 43.0 Å². The molecule has 0 radical (unpaired) electrons. The van der Waals surface area contributed by atoms with Crippen molar-refractivity contribution in [3.63, 3.8) is 0 Å². The van der Waals surface area contributed by atoms with Crippen LogP contribution in [0.5, 0.6) is 0 Å². The number of hydrogen-bond acceptors (Lipinski definition) is 6. The van der Waals surface area contributed by atoms with Gasteiger partial charge in [0, 0.05) is 64.5 Å². The Labute approximate surface area is 172 Å². The summed E-state index contributed by atoms with van der Waals surface area (Å²) in [6, 6.07) is 3.62. The standard InChI is InChI=1S/C21H33N5O3/c1-2-9-25-10-7-17(5-6-19(25)28)23-21(29)18-4-3-8-22-20(18)26-13-11-24(12-14-26)15-16-27/h3-4,8,17,27H,2,5-7,9-16H2,1H3,(H,23,29). The third-order valence-electron chi connectivity index (χ3n) is 5.75. The molecule has 2 N–H and O–H groups in total. The van der Waals surface area contributed by atoms with E-state index in [0.29, 0.717) is 37.3 Å². The summed E-state index contributed by atoms with van der Waals surface area (Å²) < 4.78 is 0. The Kier molecular flexibility index (Phi) is 7.83. The van der Waals surface area contributed by atoms with Crippen molar-refractivity contribution in [3.8, 4) is 0 Å². The lowest BCUT2D eigenvalue weighted by molar-refractivity contribution is -0.130. The van der Waals surface area contributed by atoms with Crippen LogP contribution in [0.2, 0.25) is 0 Å². The molecule has 1 unspecified atom stereocenters. The Morgan fingerprint density at radius 1 is 1.21 bits per heavy atom. The SMILES string of the molecule is CCCN1CCC(NC(=O)c2cccnc2N2CCN(CCO)CC2)CCC1=O. The molecule has 160 valence electrons. The Morgan fingerprint density at radius 2 is 2.00 bits per heavy atom. The number of rotatable bonds is 7. The molecule has 0 aromatic carbocycles. The number of amides is 2. The van der Waals surface area contributed by atoms with Crippen molar-refractivity contribution in [2.75, 3.05) is 57.3 Å². The van der Waals surface area contributed by atoms with Gasteiger partial charge in [-0.2, -0.15) is 0 Å². The number of aromatic nitrogens is 1. The highest BCUT2D eigenvalue weighted by Gasteiger charge is 2.26. The predicted octanol–water partition coefficient (Wildman–Crippen LogP) is 0.717. The number of pyridine rings is 1. The van der Waals surface area contributed by atoms with Crippen molar-refractivity contribution in [3.05, 3.63) is 23.9 Å². The van der Waals surface area contributed by atoms with Crippen LogP contribution in [-0.2, 0) is 4.79 Å². The fourth-order valence-electron chi connectivity index (χ4n) is 4.10. The average Bonchev–Trinajstić information content (AvgIpc) is 2.91. The van der Waals surface area contributed by atoms with Crippen LogP contribution in [0.4, 0.5) is 5.82 Å². The van der Waals surface area contributed by atoms with Gasteiger partial charge in [0.25, 0.3) is 5.91 Å². The van der Waals surface area contributed by atoms with Gasteiger partial charge in [-0.3, -0.25) is 14.5 Å². The number of piperazine rings is 1. The lowest BCUT2D eigenvalue weighted by atomic mass is 10.1. The highest BCUT2D eigenvalue weighted by atomic mass is 16.3. The summed E-state index contributed by atoms with van der Waals surface area (Å²) >= 11 is 0. The second-order valence-corrected chi connectivity index (χ2v) is 7.81. The molecular formula is C21H33N5O3. The van der Waals surface area contributed by atoms with Crippen molar-refractivity contribution in [2.45, 2.75) is 38.6 Å². The summed E-state index contributed by atoms with van der Waals surface area (Å²) in [5, 5.41) is 12.3. The van der Waals surface area contributed by atoms with E-state index in [1.54, 1.807) is 12.3 Å². The molecule has 2 saturated heterocycles. The molecule has 3 heterocycles. The molecule has 2 fully saturated rings. The van der Waals surface area contributed by atoms with E-state index in [2.05, 4.69) is 27.0 Å². The van der Waals surface area contributed by atoms with E-state index < -0.39 is 0 Å². The van der Waals surface area contributed by atoms with Crippen LogP contribution in [-0.4, -0.2) is 90.2 Å². The zero-order valence-electron chi connectivity index (χ0n) is 17.3. The molecule has 8 nitrogen and oxygen atoms in total. The van der Waals surface area contributed by atoms with E-state index in [9.17, 15) is 9.59 Å². The van der Waals surface area contributed by atoms with E-state index in [-0.39, 0.29) is 24.5 Å². The lowest BCUT2D eigenvalue weighted by Gasteiger charge is -2.35. The number of likely N-dealkylation sites (tertiary alicyclic amines) is 1. The van der Waals surface area contributed by atoms with Crippen LogP contribution in [0, 0.1) is 0 Å². The maximum atomic E-state index is 13.0. The second kappa shape index (κ2) is 10.5. The predicted molar refractivity (Wildman–Crippen MR) is 112 cm³/mol. The summed E-state index contributed by atoms with van der Waals surface area (Å²) in [6.45, 7) is 7.65. The van der Waals surface area contributed by atoms with Crippen LogP contribution in [0.3, 0.4) is 0 Å². The van der Waals surface area contributed by atoms with E-state index in [4.69, 9.17) is 5.11 Å². The molecule has 0 saturated carbocycles. The zero-order valence-corrected chi connectivity index (χ0v) is 17.3. The van der Waals surface area contributed by atoms with Gasteiger partial charge in [-0.1, -0.05) is 6.92 Å². The van der Waals surface area contributed by atoms with Crippen molar-refractivity contribution < 1.29 is 14.7 Å². The van der Waals surface area contributed by atoms with Gasteiger partial charge in [0.15, 0.2) is 0 Å². The molecule has 0 bridgehead atoms. The fourth-order valence-corrected chi connectivity index (χ4v) is 4.10. The van der Waals surface area contributed by atoms with Crippen molar-refractivity contribution in [1.29, 1.82) is 0 Å². The number of hydrogen-bond donors (Lipinski definition) is 2. The van der Waals surface area contributed by atoms with Gasteiger partial charge in [-0.15, -0.1) is 0 Å². The number of aliphatic hydroxyl groups is 1. The largest absolute Gasteiger partial charge is 0.395 e. The monoisotopic (exact) mass is 403 g/mol. The van der Waals surface area contributed by atoms with Gasteiger partial charge in [0.2, 0.25) is 5.91 Å². The lowest BCUT2D eigenvalue weighted by Crippen LogP contribution is -2.48. The summed E-state index contributed by atoms with van der Waals surface area (Å²) in [5.74, 6) is 0.782. The minimum Gasteiger partial charge on any atom is -0.395 e.